The molecule has 0 aliphatic rings. The number of nitrogens with zero attached hydrogens (tertiary/aromatic N) is 2. The Morgan fingerprint density at radius 2 is 1.95 bits per heavy atom. The van der Waals surface area contributed by atoms with Crippen LogP contribution in [0.15, 0.2) is 33.3 Å². The lowest BCUT2D eigenvalue weighted by molar-refractivity contribution is 0.413. The molecule has 0 fully saturated rings. The third-order valence-corrected chi connectivity index (χ3v) is 4.44. The average Bonchev–Trinajstić information content (AvgIpc) is 2.80. The fourth-order valence-corrected chi connectivity index (χ4v) is 3.10. The number of halogens is 2. The highest BCUT2D eigenvalue weighted by molar-refractivity contribution is 9.10. The molecule has 0 spiro atoms. The zero-order valence-electron chi connectivity index (χ0n) is 11.6. The number of rotatable bonds is 4. The molecule has 108 valence electrons. The van der Waals surface area contributed by atoms with Gasteiger partial charge in [-0.2, -0.15) is 5.10 Å². The average molecular weight is 403 g/mol. The van der Waals surface area contributed by atoms with Gasteiger partial charge >= 0.3 is 0 Å². The third-order valence-electron chi connectivity index (χ3n) is 3.11. The van der Waals surface area contributed by atoms with Gasteiger partial charge in [0.05, 0.1) is 29.5 Å². The van der Waals surface area contributed by atoms with Crippen LogP contribution < -0.4 is 10.5 Å². The van der Waals surface area contributed by atoms with Gasteiger partial charge in [0.2, 0.25) is 0 Å². The van der Waals surface area contributed by atoms with Crippen LogP contribution in [-0.2, 0) is 0 Å². The van der Waals surface area contributed by atoms with E-state index < -0.39 is 0 Å². The summed E-state index contributed by atoms with van der Waals surface area (Å²) in [6.45, 7) is 4.16. The smallest absolute Gasteiger partial charge is 0.119 e. The van der Waals surface area contributed by atoms with Crippen LogP contribution in [0.5, 0.6) is 5.75 Å². The van der Waals surface area contributed by atoms with E-state index in [1.807, 2.05) is 22.9 Å². The zero-order chi connectivity index (χ0) is 14.9. The highest BCUT2D eigenvalue weighted by atomic mass is 79.9. The highest BCUT2D eigenvalue weighted by Gasteiger charge is 2.22. The van der Waals surface area contributed by atoms with Gasteiger partial charge in [-0.3, -0.25) is 4.68 Å². The van der Waals surface area contributed by atoms with E-state index in [9.17, 15) is 0 Å². The normalized spacial score (nSPS) is 12.8. The van der Waals surface area contributed by atoms with Crippen molar-refractivity contribution in [1.82, 2.24) is 9.78 Å². The van der Waals surface area contributed by atoms with Gasteiger partial charge in [-0.25, -0.2) is 0 Å². The standard InChI is InChI=1S/C14H17Br2N3O/c1-8(2)19-14(12(16)7-18-19)13(17)10-6-9(20-3)4-5-11(10)15/h4-8,13H,17H2,1-3H3. The summed E-state index contributed by atoms with van der Waals surface area (Å²) in [7, 11) is 1.65. The minimum atomic E-state index is -0.293. The van der Waals surface area contributed by atoms with Gasteiger partial charge in [-0.1, -0.05) is 15.9 Å². The molecule has 20 heavy (non-hydrogen) atoms. The van der Waals surface area contributed by atoms with Crippen molar-refractivity contribution >= 4 is 31.9 Å². The number of ether oxygens (including phenoxy) is 1. The predicted molar refractivity (Wildman–Crippen MR) is 87.0 cm³/mol. The molecule has 4 nitrogen and oxygen atoms in total. The fraction of sp³-hybridized carbons (Fsp3) is 0.357. The Balaban J connectivity index is 2.51. The number of benzene rings is 1. The van der Waals surface area contributed by atoms with Gasteiger partial charge in [0, 0.05) is 10.5 Å². The summed E-state index contributed by atoms with van der Waals surface area (Å²) in [5, 5.41) is 4.38. The van der Waals surface area contributed by atoms with Gasteiger partial charge in [0.1, 0.15) is 5.75 Å². The monoisotopic (exact) mass is 401 g/mol. The van der Waals surface area contributed by atoms with Gasteiger partial charge in [0.15, 0.2) is 0 Å². The Kier molecular flexibility index (Phi) is 4.88. The van der Waals surface area contributed by atoms with Crippen molar-refractivity contribution in [2.24, 2.45) is 5.73 Å². The SMILES string of the molecule is COc1ccc(Br)c(C(N)c2c(Br)cnn2C(C)C)c1. The first-order valence-electron chi connectivity index (χ1n) is 6.27. The minimum Gasteiger partial charge on any atom is -0.497 e. The molecule has 0 bridgehead atoms. The van der Waals surface area contributed by atoms with Crippen LogP contribution in [0.25, 0.3) is 0 Å². The lowest BCUT2D eigenvalue weighted by Gasteiger charge is -2.19. The molecule has 1 unspecified atom stereocenters. The molecular formula is C14H17Br2N3O. The quantitative estimate of drug-likeness (QED) is 0.839. The number of hydrogen-bond donors (Lipinski definition) is 1. The molecule has 6 heteroatoms. The van der Waals surface area contributed by atoms with Crippen LogP contribution >= 0.6 is 31.9 Å². The van der Waals surface area contributed by atoms with Crippen molar-refractivity contribution in [3.05, 3.63) is 44.6 Å². The van der Waals surface area contributed by atoms with E-state index >= 15 is 0 Å². The third kappa shape index (κ3) is 2.92. The Bertz CT molecular complexity index is 610. The van der Waals surface area contributed by atoms with Gasteiger partial charge in [-0.05, 0) is 53.5 Å². The van der Waals surface area contributed by atoms with E-state index in [1.165, 1.54) is 0 Å². The van der Waals surface area contributed by atoms with Crippen LogP contribution in [0.3, 0.4) is 0 Å². The number of aromatic nitrogens is 2. The number of methoxy groups -OCH3 is 1. The molecule has 2 aromatic rings. The van der Waals surface area contributed by atoms with Gasteiger partial charge in [-0.15, -0.1) is 0 Å². The summed E-state index contributed by atoms with van der Waals surface area (Å²) in [5.41, 5.74) is 8.37. The maximum absolute atomic E-state index is 6.45. The summed E-state index contributed by atoms with van der Waals surface area (Å²) in [5.74, 6) is 0.783. The number of nitrogens with two attached hydrogens (primary N) is 1. The molecular weight excluding hydrogens is 386 g/mol. The first-order valence-corrected chi connectivity index (χ1v) is 7.86. The van der Waals surface area contributed by atoms with Crippen molar-refractivity contribution < 1.29 is 4.74 Å². The van der Waals surface area contributed by atoms with Crippen LogP contribution in [0.4, 0.5) is 0 Å². The molecule has 2 rings (SSSR count). The Morgan fingerprint density at radius 1 is 1.25 bits per heavy atom. The zero-order valence-corrected chi connectivity index (χ0v) is 14.8. The van der Waals surface area contributed by atoms with E-state index in [0.717, 1.165) is 26.0 Å². The molecule has 0 amide bonds. The molecule has 0 aliphatic heterocycles. The molecule has 1 heterocycles. The topological polar surface area (TPSA) is 53.1 Å². The van der Waals surface area contributed by atoms with Crippen molar-refractivity contribution in [1.29, 1.82) is 0 Å². The molecule has 0 saturated carbocycles. The lowest BCUT2D eigenvalue weighted by atomic mass is 10.0. The van der Waals surface area contributed by atoms with E-state index in [0.29, 0.717) is 0 Å². The summed E-state index contributed by atoms with van der Waals surface area (Å²) in [4.78, 5) is 0. The van der Waals surface area contributed by atoms with Crippen molar-refractivity contribution in [3.8, 4) is 5.75 Å². The largest absolute Gasteiger partial charge is 0.497 e. The molecule has 1 atom stereocenters. The maximum Gasteiger partial charge on any atom is 0.119 e. The lowest BCUT2D eigenvalue weighted by Crippen LogP contribution is -2.19. The second kappa shape index (κ2) is 6.28. The summed E-state index contributed by atoms with van der Waals surface area (Å²) in [6, 6.07) is 5.73. The van der Waals surface area contributed by atoms with Crippen LogP contribution in [0, 0.1) is 0 Å². The molecule has 1 aromatic heterocycles. The first-order chi connectivity index (χ1) is 9.45. The van der Waals surface area contributed by atoms with Crippen molar-refractivity contribution in [2.45, 2.75) is 25.9 Å². The van der Waals surface area contributed by atoms with Crippen LogP contribution in [-0.4, -0.2) is 16.9 Å². The molecule has 1 aromatic carbocycles. The van der Waals surface area contributed by atoms with Gasteiger partial charge in [0.25, 0.3) is 0 Å². The van der Waals surface area contributed by atoms with E-state index in [1.54, 1.807) is 13.3 Å². The Morgan fingerprint density at radius 3 is 2.55 bits per heavy atom. The fourth-order valence-electron chi connectivity index (χ4n) is 2.09. The van der Waals surface area contributed by atoms with Gasteiger partial charge < -0.3 is 10.5 Å². The van der Waals surface area contributed by atoms with Crippen LogP contribution in [0.2, 0.25) is 0 Å². The maximum atomic E-state index is 6.45. The molecule has 2 N–H and O–H groups in total. The number of hydrogen-bond acceptors (Lipinski definition) is 3. The second-order valence-corrected chi connectivity index (χ2v) is 6.49. The summed E-state index contributed by atoms with van der Waals surface area (Å²) >= 11 is 7.09. The van der Waals surface area contributed by atoms with E-state index in [4.69, 9.17) is 10.5 Å². The van der Waals surface area contributed by atoms with Crippen molar-refractivity contribution in [2.75, 3.05) is 7.11 Å². The molecule has 0 radical (unpaired) electrons. The Hall–Kier alpha value is -0.850. The summed E-state index contributed by atoms with van der Waals surface area (Å²) < 4.78 is 9.07. The molecule has 0 aliphatic carbocycles. The van der Waals surface area contributed by atoms with Crippen molar-refractivity contribution in [3.63, 3.8) is 0 Å². The van der Waals surface area contributed by atoms with E-state index in [2.05, 4.69) is 50.8 Å². The highest BCUT2D eigenvalue weighted by Crippen LogP contribution is 2.34. The molecule has 0 saturated heterocycles. The van der Waals surface area contributed by atoms with E-state index in [-0.39, 0.29) is 12.1 Å². The summed E-state index contributed by atoms with van der Waals surface area (Å²) in [6.07, 6.45) is 1.78. The Labute approximate surface area is 135 Å². The minimum absolute atomic E-state index is 0.242. The van der Waals surface area contributed by atoms with Crippen LogP contribution in [0.1, 0.15) is 37.2 Å². The second-order valence-electron chi connectivity index (χ2n) is 4.78. The first kappa shape index (κ1) is 15.5. The predicted octanol–water partition coefficient (Wildman–Crippen LogP) is 4.05.